The molecule has 26 heavy (non-hydrogen) atoms. The van der Waals surface area contributed by atoms with Gasteiger partial charge in [0.05, 0.1) is 0 Å². The lowest BCUT2D eigenvalue weighted by atomic mass is 9.93. The van der Waals surface area contributed by atoms with Gasteiger partial charge in [-0.05, 0) is 44.3 Å². The fourth-order valence-electron chi connectivity index (χ4n) is 3.69. The van der Waals surface area contributed by atoms with Crippen LogP contribution in [-0.2, 0) is 6.54 Å². The van der Waals surface area contributed by atoms with Gasteiger partial charge in [0, 0.05) is 31.6 Å². The van der Waals surface area contributed by atoms with E-state index in [0.29, 0.717) is 12.0 Å². The molecule has 1 heterocycles. The lowest BCUT2D eigenvalue weighted by Crippen LogP contribution is -2.34. The lowest BCUT2D eigenvalue weighted by molar-refractivity contribution is -0.0498. The van der Waals surface area contributed by atoms with E-state index in [9.17, 15) is 8.78 Å². The molecule has 1 saturated heterocycles. The van der Waals surface area contributed by atoms with Crippen molar-refractivity contribution in [2.24, 2.45) is 0 Å². The smallest absolute Gasteiger partial charge is 0.387 e. The molecule has 2 atom stereocenters. The Morgan fingerprint density at radius 3 is 2.27 bits per heavy atom. The zero-order chi connectivity index (χ0) is 18.7. The standard InChI is InChI=1S/C21H26F2N2O/c1-15-4-8-17(9-5-15)19-13-25(14-20(19)24(2)3)12-16-6-10-18(11-7-16)26-21(22)23/h4-11,19-21H,12-14H2,1-3H3/t19-,20+/m0/s1. The Morgan fingerprint density at radius 2 is 1.69 bits per heavy atom. The van der Waals surface area contributed by atoms with Gasteiger partial charge in [0.15, 0.2) is 0 Å². The van der Waals surface area contributed by atoms with E-state index >= 15 is 0 Å². The van der Waals surface area contributed by atoms with Crippen molar-refractivity contribution < 1.29 is 13.5 Å². The third-order valence-corrected chi connectivity index (χ3v) is 5.09. The molecule has 3 rings (SSSR count). The molecule has 5 heteroatoms. The predicted molar refractivity (Wildman–Crippen MR) is 99.7 cm³/mol. The maximum atomic E-state index is 12.3. The van der Waals surface area contributed by atoms with Gasteiger partial charge in [-0.2, -0.15) is 8.78 Å². The van der Waals surface area contributed by atoms with Gasteiger partial charge in [-0.15, -0.1) is 0 Å². The van der Waals surface area contributed by atoms with E-state index in [1.807, 2.05) is 12.1 Å². The number of aryl methyl sites for hydroxylation is 1. The molecule has 0 N–H and O–H groups in total. The Morgan fingerprint density at radius 1 is 1.04 bits per heavy atom. The summed E-state index contributed by atoms with van der Waals surface area (Å²) >= 11 is 0. The molecule has 0 saturated carbocycles. The zero-order valence-electron chi connectivity index (χ0n) is 15.5. The first kappa shape index (κ1) is 18.8. The van der Waals surface area contributed by atoms with Gasteiger partial charge in [-0.3, -0.25) is 4.90 Å². The summed E-state index contributed by atoms with van der Waals surface area (Å²) in [6, 6.07) is 16.2. The zero-order valence-corrected chi connectivity index (χ0v) is 15.5. The normalized spacial score (nSPS) is 20.9. The molecule has 2 aromatic carbocycles. The van der Waals surface area contributed by atoms with Gasteiger partial charge in [0.2, 0.25) is 0 Å². The molecule has 0 spiro atoms. The highest BCUT2D eigenvalue weighted by Gasteiger charge is 2.34. The second-order valence-electron chi connectivity index (χ2n) is 7.26. The molecule has 0 amide bonds. The first-order valence-corrected chi connectivity index (χ1v) is 8.91. The van der Waals surface area contributed by atoms with Crippen molar-refractivity contribution in [3.05, 3.63) is 65.2 Å². The van der Waals surface area contributed by atoms with Crippen LogP contribution >= 0.6 is 0 Å². The second kappa shape index (κ2) is 8.14. The van der Waals surface area contributed by atoms with Crippen LogP contribution in [0.3, 0.4) is 0 Å². The molecule has 1 aliphatic rings. The number of benzene rings is 2. The van der Waals surface area contributed by atoms with E-state index in [1.54, 1.807) is 12.1 Å². The van der Waals surface area contributed by atoms with Crippen LogP contribution in [0.25, 0.3) is 0 Å². The molecular formula is C21H26F2N2O. The quantitative estimate of drug-likeness (QED) is 0.770. The van der Waals surface area contributed by atoms with Crippen molar-refractivity contribution >= 4 is 0 Å². The molecular weight excluding hydrogens is 334 g/mol. The minimum absolute atomic E-state index is 0.203. The van der Waals surface area contributed by atoms with E-state index in [4.69, 9.17) is 0 Å². The summed E-state index contributed by atoms with van der Waals surface area (Å²) in [5, 5.41) is 0. The summed E-state index contributed by atoms with van der Waals surface area (Å²) in [6.45, 7) is 2.11. The molecule has 0 bridgehead atoms. The Bertz CT molecular complexity index is 701. The number of halogens is 2. The van der Waals surface area contributed by atoms with Gasteiger partial charge in [0.1, 0.15) is 5.75 Å². The number of nitrogens with zero attached hydrogens (tertiary/aromatic N) is 2. The van der Waals surface area contributed by atoms with E-state index in [0.717, 1.165) is 25.2 Å². The van der Waals surface area contributed by atoms with E-state index in [1.165, 1.54) is 11.1 Å². The van der Waals surface area contributed by atoms with Gasteiger partial charge in [-0.1, -0.05) is 42.0 Å². The van der Waals surface area contributed by atoms with Crippen molar-refractivity contribution in [3.8, 4) is 5.75 Å². The minimum Gasteiger partial charge on any atom is -0.435 e. The summed E-state index contributed by atoms with van der Waals surface area (Å²) in [5.74, 6) is 0.668. The molecule has 1 fully saturated rings. The van der Waals surface area contributed by atoms with Gasteiger partial charge >= 0.3 is 6.61 Å². The minimum atomic E-state index is -2.78. The molecule has 140 valence electrons. The predicted octanol–water partition coefficient (Wildman–Crippen LogP) is 4.13. The Kier molecular flexibility index (Phi) is 5.89. The average molecular weight is 360 g/mol. The molecule has 1 aliphatic heterocycles. The third-order valence-electron chi connectivity index (χ3n) is 5.09. The first-order valence-electron chi connectivity index (χ1n) is 8.91. The fraction of sp³-hybridized carbons (Fsp3) is 0.429. The maximum absolute atomic E-state index is 12.3. The number of rotatable bonds is 6. The summed E-state index contributed by atoms with van der Waals surface area (Å²) in [7, 11) is 4.26. The second-order valence-corrected chi connectivity index (χ2v) is 7.26. The number of hydrogen-bond donors (Lipinski definition) is 0. The van der Waals surface area contributed by atoms with Gasteiger partial charge < -0.3 is 9.64 Å². The summed E-state index contributed by atoms with van der Waals surface area (Å²) in [6.07, 6.45) is 0. The summed E-state index contributed by atoms with van der Waals surface area (Å²) < 4.78 is 28.9. The van der Waals surface area contributed by atoms with Gasteiger partial charge in [0.25, 0.3) is 0 Å². The van der Waals surface area contributed by atoms with E-state index in [-0.39, 0.29) is 5.75 Å². The molecule has 0 aromatic heterocycles. The van der Waals surface area contributed by atoms with Crippen LogP contribution in [0.15, 0.2) is 48.5 Å². The summed E-state index contributed by atoms with van der Waals surface area (Å²) in [5.41, 5.74) is 3.75. The molecule has 3 nitrogen and oxygen atoms in total. The molecule has 0 aliphatic carbocycles. The average Bonchev–Trinajstić information content (AvgIpc) is 3.01. The Balaban J connectivity index is 1.68. The van der Waals surface area contributed by atoms with Crippen LogP contribution < -0.4 is 4.74 Å². The highest BCUT2D eigenvalue weighted by atomic mass is 19.3. The lowest BCUT2D eigenvalue weighted by Gasteiger charge is -2.25. The Labute approximate surface area is 154 Å². The maximum Gasteiger partial charge on any atom is 0.387 e. The number of ether oxygens (including phenoxy) is 1. The summed E-state index contributed by atoms with van der Waals surface area (Å²) in [4.78, 5) is 4.72. The monoisotopic (exact) mass is 360 g/mol. The largest absolute Gasteiger partial charge is 0.435 e. The van der Waals surface area contributed by atoms with E-state index in [2.05, 4.69) is 59.8 Å². The van der Waals surface area contributed by atoms with Crippen molar-refractivity contribution in [3.63, 3.8) is 0 Å². The van der Waals surface area contributed by atoms with Gasteiger partial charge in [-0.25, -0.2) is 0 Å². The van der Waals surface area contributed by atoms with Crippen LogP contribution in [0.5, 0.6) is 5.75 Å². The number of hydrogen-bond acceptors (Lipinski definition) is 3. The highest BCUT2D eigenvalue weighted by molar-refractivity contribution is 5.29. The van der Waals surface area contributed by atoms with Crippen molar-refractivity contribution in [2.75, 3.05) is 27.2 Å². The van der Waals surface area contributed by atoms with Crippen molar-refractivity contribution in [1.82, 2.24) is 9.80 Å². The third kappa shape index (κ3) is 4.59. The highest BCUT2D eigenvalue weighted by Crippen LogP contribution is 2.31. The number of likely N-dealkylation sites (N-methyl/N-ethyl adjacent to an activating group) is 1. The van der Waals surface area contributed by atoms with Crippen LogP contribution in [0.1, 0.15) is 22.6 Å². The SMILES string of the molecule is Cc1ccc([C@@H]2CN(Cc3ccc(OC(F)F)cc3)C[C@H]2N(C)C)cc1. The molecule has 0 radical (unpaired) electrons. The van der Waals surface area contributed by atoms with Crippen LogP contribution in [0.2, 0.25) is 0 Å². The number of likely N-dealkylation sites (tertiary alicyclic amines) is 1. The fourth-order valence-corrected chi connectivity index (χ4v) is 3.69. The molecule has 2 aromatic rings. The van der Waals surface area contributed by atoms with Crippen molar-refractivity contribution in [1.29, 1.82) is 0 Å². The van der Waals surface area contributed by atoms with Crippen LogP contribution in [-0.4, -0.2) is 49.6 Å². The number of alkyl halides is 2. The topological polar surface area (TPSA) is 15.7 Å². The first-order chi connectivity index (χ1) is 12.4. The van der Waals surface area contributed by atoms with Crippen LogP contribution in [0.4, 0.5) is 8.78 Å². The van der Waals surface area contributed by atoms with E-state index < -0.39 is 6.61 Å². The van der Waals surface area contributed by atoms with Crippen LogP contribution in [0, 0.1) is 6.92 Å². The molecule has 0 unspecified atom stereocenters. The van der Waals surface area contributed by atoms with Crippen molar-refractivity contribution in [2.45, 2.75) is 32.0 Å². The Hall–Kier alpha value is -1.98.